The van der Waals surface area contributed by atoms with Gasteiger partial charge in [0.2, 0.25) is 0 Å². The Morgan fingerprint density at radius 1 is 1.35 bits per heavy atom. The van der Waals surface area contributed by atoms with Crippen molar-refractivity contribution in [3.8, 4) is 0 Å². The van der Waals surface area contributed by atoms with E-state index in [0.29, 0.717) is 22.7 Å². The van der Waals surface area contributed by atoms with E-state index >= 15 is 0 Å². The third-order valence-electron chi connectivity index (χ3n) is 5.05. The number of carbonyl (C=O) groups is 2. The third kappa shape index (κ3) is 3.48. The highest BCUT2D eigenvalue weighted by Gasteiger charge is 2.45. The number of rotatable bonds is 3. The first-order valence-corrected chi connectivity index (χ1v) is 9.35. The van der Waals surface area contributed by atoms with E-state index in [9.17, 15) is 9.59 Å². The van der Waals surface area contributed by atoms with Crippen molar-refractivity contribution in [1.29, 1.82) is 0 Å². The summed E-state index contributed by atoms with van der Waals surface area (Å²) in [6, 6.07) is 7.38. The minimum Gasteiger partial charge on any atom is -0.465 e. The van der Waals surface area contributed by atoms with Crippen LogP contribution in [0.25, 0.3) is 0 Å². The topological polar surface area (TPSA) is 55.7 Å². The van der Waals surface area contributed by atoms with Gasteiger partial charge >= 0.3 is 5.97 Å². The Morgan fingerprint density at radius 3 is 2.73 bits per heavy atom. The lowest BCUT2D eigenvalue weighted by Crippen LogP contribution is -2.39. The maximum atomic E-state index is 13.0. The highest BCUT2D eigenvalue weighted by atomic mass is 35.5. The second kappa shape index (κ2) is 6.99. The van der Waals surface area contributed by atoms with Crippen molar-refractivity contribution in [3.05, 3.63) is 46.1 Å². The average molecular weight is 374 g/mol. The molecule has 0 bridgehead atoms. The summed E-state index contributed by atoms with van der Waals surface area (Å²) in [4.78, 5) is 30.4. The summed E-state index contributed by atoms with van der Waals surface area (Å²) < 4.78 is 5.30. The molecule has 0 N–H and O–H groups in total. The fourth-order valence-corrected chi connectivity index (χ4v) is 4.24. The van der Waals surface area contributed by atoms with Crippen LogP contribution in [-0.2, 0) is 14.3 Å². The van der Waals surface area contributed by atoms with Crippen LogP contribution in [0, 0.1) is 11.3 Å². The van der Waals surface area contributed by atoms with Gasteiger partial charge in [-0.25, -0.2) is 0 Å². The second-order valence-corrected chi connectivity index (χ2v) is 8.25. The van der Waals surface area contributed by atoms with Crippen LogP contribution in [0.5, 0.6) is 0 Å². The number of nitrogens with zero attached hydrogens (tertiary/aromatic N) is 1. The van der Waals surface area contributed by atoms with Crippen molar-refractivity contribution in [2.24, 2.45) is 16.3 Å². The molecule has 0 fully saturated rings. The molecule has 2 aliphatic rings. The maximum Gasteiger partial charge on any atom is 0.315 e. The average Bonchev–Trinajstić information content (AvgIpc) is 2.52. The van der Waals surface area contributed by atoms with Crippen LogP contribution in [-0.4, -0.2) is 24.1 Å². The minimum absolute atomic E-state index is 0.0618. The number of halogens is 1. The van der Waals surface area contributed by atoms with E-state index in [1.54, 1.807) is 13.0 Å². The zero-order valence-electron chi connectivity index (χ0n) is 15.6. The SMILES string of the molecule is CCOC(=O)C1C(C)=NC2=C(C(=O)CC(C)(C)C2)[C@H]1c1cccc(Cl)c1. The van der Waals surface area contributed by atoms with Gasteiger partial charge in [0.25, 0.3) is 0 Å². The van der Waals surface area contributed by atoms with Gasteiger partial charge in [0.1, 0.15) is 5.92 Å². The van der Waals surface area contributed by atoms with Gasteiger partial charge < -0.3 is 4.74 Å². The molecule has 26 heavy (non-hydrogen) atoms. The van der Waals surface area contributed by atoms with E-state index in [0.717, 1.165) is 17.7 Å². The summed E-state index contributed by atoms with van der Waals surface area (Å²) in [5, 5.41) is 0.580. The Labute approximate surface area is 159 Å². The number of ketones is 1. The standard InChI is InChI=1S/C21H24ClNO3/c1-5-26-20(25)17-12(2)23-15-10-21(3,4)11-16(24)19(15)18(17)13-7-6-8-14(22)9-13/h6-9,17-18H,5,10-11H2,1-4H3/t17?,18-/m0/s1. The molecule has 1 aromatic carbocycles. The molecular weight excluding hydrogens is 350 g/mol. The largest absolute Gasteiger partial charge is 0.465 e. The van der Waals surface area contributed by atoms with Crippen LogP contribution in [0.4, 0.5) is 0 Å². The number of hydrogen-bond donors (Lipinski definition) is 0. The predicted octanol–water partition coefficient (Wildman–Crippen LogP) is 4.72. The fourth-order valence-electron chi connectivity index (χ4n) is 4.04. The molecule has 0 aromatic heterocycles. The Morgan fingerprint density at radius 2 is 2.08 bits per heavy atom. The van der Waals surface area contributed by atoms with E-state index < -0.39 is 11.8 Å². The van der Waals surface area contributed by atoms with Crippen molar-refractivity contribution < 1.29 is 14.3 Å². The van der Waals surface area contributed by atoms with Crippen LogP contribution in [0.3, 0.4) is 0 Å². The van der Waals surface area contributed by atoms with Gasteiger partial charge in [-0.1, -0.05) is 37.6 Å². The molecule has 138 valence electrons. The summed E-state index contributed by atoms with van der Waals surface area (Å²) in [6.45, 7) is 8.06. The normalized spacial score (nSPS) is 24.8. The van der Waals surface area contributed by atoms with E-state index in [4.69, 9.17) is 16.3 Å². The van der Waals surface area contributed by atoms with Crippen LogP contribution in [0.2, 0.25) is 5.02 Å². The van der Waals surface area contributed by atoms with E-state index in [-0.39, 0.29) is 23.8 Å². The molecule has 5 heteroatoms. The zero-order valence-corrected chi connectivity index (χ0v) is 16.4. The predicted molar refractivity (Wildman–Crippen MR) is 102 cm³/mol. The molecule has 0 saturated heterocycles. The molecule has 1 aromatic rings. The Balaban J connectivity index is 2.18. The van der Waals surface area contributed by atoms with Gasteiger partial charge in [-0.15, -0.1) is 0 Å². The number of aliphatic imine (C=N–C) groups is 1. The summed E-state index contributed by atoms with van der Waals surface area (Å²) in [5.74, 6) is -1.28. The van der Waals surface area contributed by atoms with Gasteiger partial charge in [-0.2, -0.15) is 0 Å². The molecule has 1 aliphatic carbocycles. The van der Waals surface area contributed by atoms with Crippen molar-refractivity contribution in [1.82, 2.24) is 0 Å². The van der Waals surface area contributed by atoms with Crippen molar-refractivity contribution in [2.75, 3.05) is 6.61 Å². The molecule has 1 heterocycles. The first-order valence-electron chi connectivity index (χ1n) is 8.97. The lowest BCUT2D eigenvalue weighted by atomic mass is 9.67. The van der Waals surface area contributed by atoms with Crippen LogP contribution >= 0.6 is 11.6 Å². The van der Waals surface area contributed by atoms with Gasteiger partial charge in [0.05, 0.1) is 6.61 Å². The molecular formula is C21H24ClNO3. The number of ether oxygens (including phenoxy) is 1. The molecule has 1 unspecified atom stereocenters. The highest BCUT2D eigenvalue weighted by molar-refractivity contribution is 6.30. The monoisotopic (exact) mass is 373 g/mol. The number of allylic oxidation sites excluding steroid dienone is 2. The number of carbonyl (C=O) groups excluding carboxylic acids is 2. The van der Waals surface area contributed by atoms with E-state index in [2.05, 4.69) is 18.8 Å². The molecule has 0 spiro atoms. The summed E-state index contributed by atoms with van der Waals surface area (Å²) in [7, 11) is 0. The second-order valence-electron chi connectivity index (χ2n) is 7.82. The van der Waals surface area contributed by atoms with E-state index in [1.807, 2.05) is 25.1 Å². The summed E-state index contributed by atoms with van der Waals surface area (Å²) in [5.41, 5.74) is 2.86. The van der Waals surface area contributed by atoms with Gasteiger partial charge in [-0.05, 0) is 43.4 Å². The maximum absolute atomic E-state index is 13.0. The molecule has 0 saturated carbocycles. The smallest absolute Gasteiger partial charge is 0.315 e. The minimum atomic E-state index is -0.600. The number of benzene rings is 1. The Kier molecular flexibility index (Phi) is 5.07. The Hall–Kier alpha value is -1.94. The lowest BCUT2D eigenvalue weighted by molar-refractivity contribution is -0.146. The molecule has 0 radical (unpaired) electrons. The van der Waals surface area contributed by atoms with Crippen LogP contribution < -0.4 is 0 Å². The summed E-state index contributed by atoms with van der Waals surface area (Å²) >= 11 is 6.20. The van der Waals surface area contributed by atoms with Gasteiger partial charge in [0, 0.05) is 34.3 Å². The molecule has 2 atom stereocenters. The van der Waals surface area contributed by atoms with Crippen molar-refractivity contribution in [2.45, 2.75) is 46.5 Å². The van der Waals surface area contributed by atoms with Gasteiger partial charge in [-0.3, -0.25) is 14.6 Å². The third-order valence-corrected chi connectivity index (χ3v) is 5.29. The van der Waals surface area contributed by atoms with Crippen molar-refractivity contribution >= 4 is 29.1 Å². The first-order chi connectivity index (χ1) is 12.2. The zero-order chi connectivity index (χ0) is 19.1. The Bertz CT molecular complexity index is 822. The van der Waals surface area contributed by atoms with Crippen LogP contribution in [0.15, 0.2) is 40.5 Å². The van der Waals surface area contributed by atoms with Gasteiger partial charge in [0.15, 0.2) is 5.78 Å². The van der Waals surface area contributed by atoms with Crippen molar-refractivity contribution in [3.63, 3.8) is 0 Å². The number of esters is 1. The lowest BCUT2D eigenvalue weighted by Gasteiger charge is -2.39. The fraction of sp³-hybridized carbons (Fsp3) is 0.476. The van der Waals surface area contributed by atoms with E-state index in [1.165, 1.54) is 0 Å². The van der Waals surface area contributed by atoms with Crippen LogP contribution in [0.1, 0.15) is 52.0 Å². The molecule has 1 aliphatic heterocycles. The molecule has 0 amide bonds. The number of Topliss-reactive ketones (excluding diaryl/α,β-unsaturated/α-hetero) is 1. The first kappa shape index (κ1) is 18.8. The quantitative estimate of drug-likeness (QED) is 0.720. The summed E-state index contributed by atoms with van der Waals surface area (Å²) in [6.07, 6.45) is 1.17. The molecule has 3 rings (SSSR count). The highest BCUT2D eigenvalue weighted by Crippen LogP contribution is 2.48. The number of hydrogen-bond acceptors (Lipinski definition) is 4. The molecule has 4 nitrogen and oxygen atoms in total.